The molecule has 0 saturated heterocycles. The van der Waals surface area contributed by atoms with E-state index < -0.39 is 5.97 Å². The van der Waals surface area contributed by atoms with E-state index in [4.69, 9.17) is 4.84 Å². The van der Waals surface area contributed by atoms with Crippen LogP contribution in [0.5, 0.6) is 0 Å². The first-order valence-corrected chi connectivity index (χ1v) is 12.9. The molecule has 0 aromatic heterocycles. The number of hydroxylamine groups is 1. The molecule has 4 nitrogen and oxygen atoms in total. The fourth-order valence-electron chi connectivity index (χ4n) is 4.86. The average molecular weight is 541 g/mol. The third-order valence-electron chi connectivity index (χ3n) is 6.87. The zero-order chi connectivity index (χ0) is 25.1. The standard InChI is InChI=1S/C31H26BrNO3/c1-20(21-16-18-26(32)19-17-21)33-36-31(35)25-14-12-24(13-15-25)30(34)29-27(22-8-4-2-5-9-22)28(29)23-10-6-3-7-11-23/h2-20,27-29,33H,1H3/q+1/p+1/t20-,27-,28-/m0/s1. The molecule has 0 heterocycles. The molecule has 4 aromatic rings. The number of hydrogen-bond acceptors (Lipinski definition) is 3. The van der Waals surface area contributed by atoms with E-state index in [-0.39, 0.29) is 29.6 Å². The van der Waals surface area contributed by atoms with Crippen LogP contribution in [0, 0.1) is 5.92 Å². The molecule has 3 atom stereocenters. The maximum Gasteiger partial charge on any atom is 0.669 e. The zero-order valence-electron chi connectivity index (χ0n) is 19.9. The molecule has 1 fully saturated rings. The number of hydrogen-bond donors (Lipinski definition) is 1. The molecule has 1 radical (unpaired) electrons. The van der Waals surface area contributed by atoms with Crippen molar-refractivity contribution in [2.75, 3.05) is 0 Å². The summed E-state index contributed by atoms with van der Waals surface area (Å²) in [5.41, 5.74) is 5.99. The molecule has 5 rings (SSSR count). The highest BCUT2D eigenvalue weighted by molar-refractivity contribution is 9.10. The van der Waals surface area contributed by atoms with Crippen LogP contribution < -0.4 is 5.48 Å². The maximum absolute atomic E-state index is 13.5. The number of Topliss-reactive ketones (excluding diaryl/α,β-unsaturated/α-hetero) is 1. The van der Waals surface area contributed by atoms with Crippen molar-refractivity contribution in [2.45, 2.75) is 24.8 Å². The van der Waals surface area contributed by atoms with Gasteiger partial charge in [-0.2, -0.15) is 0 Å². The van der Waals surface area contributed by atoms with Gasteiger partial charge in [-0.25, -0.2) is 0 Å². The van der Waals surface area contributed by atoms with E-state index in [1.54, 1.807) is 29.7 Å². The first-order chi connectivity index (χ1) is 17.5. The number of ketones is 1. The minimum Gasteiger partial charge on any atom is -0.294 e. The zero-order valence-corrected chi connectivity index (χ0v) is 21.5. The van der Waals surface area contributed by atoms with Gasteiger partial charge in [0.1, 0.15) is 5.56 Å². The first kappa shape index (κ1) is 24.2. The van der Waals surface area contributed by atoms with Crippen LogP contribution in [0.2, 0.25) is 0 Å². The number of rotatable bonds is 8. The molecule has 1 aliphatic carbocycles. The van der Waals surface area contributed by atoms with Crippen LogP contribution in [-0.2, 0) is 4.84 Å². The van der Waals surface area contributed by atoms with Crippen LogP contribution >= 0.6 is 15.9 Å². The average Bonchev–Trinajstić information content (AvgIpc) is 3.68. The smallest absolute Gasteiger partial charge is 0.294 e. The Morgan fingerprint density at radius 2 is 1.28 bits per heavy atom. The van der Waals surface area contributed by atoms with E-state index in [9.17, 15) is 9.59 Å². The van der Waals surface area contributed by atoms with Gasteiger partial charge in [-0.15, -0.1) is 0 Å². The highest BCUT2D eigenvalue weighted by Crippen LogP contribution is 2.61. The molecule has 36 heavy (non-hydrogen) atoms. The summed E-state index contributed by atoms with van der Waals surface area (Å²) in [5.74, 6) is -0.143. The van der Waals surface area contributed by atoms with Crippen LogP contribution in [0.15, 0.2) is 114 Å². The molecule has 0 amide bonds. The van der Waals surface area contributed by atoms with E-state index in [1.807, 2.05) is 67.6 Å². The van der Waals surface area contributed by atoms with Crippen molar-refractivity contribution in [2.24, 2.45) is 5.92 Å². The monoisotopic (exact) mass is 540 g/mol. The molecular formula is C31H27BrNO3+2. The fraction of sp³-hybridized carbons (Fsp3) is 0.161. The van der Waals surface area contributed by atoms with Crippen LogP contribution in [-0.4, -0.2) is 11.8 Å². The Morgan fingerprint density at radius 3 is 1.81 bits per heavy atom. The van der Waals surface area contributed by atoms with E-state index in [1.165, 1.54) is 11.1 Å². The van der Waals surface area contributed by atoms with E-state index in [0.29, 0.717) is 11.1 Å². The number of nitrogens with two attached hydrogens (primary N) is 1. The molecule has 1 aliphatic rings. The minimum atomic E-state index is -0.436. The number of carbonyl (C=O) groups excluding carboxylic acids is 2. The SMILES string of the molecule is C[C@H]([NH2+]OC(=[O+])c1ccc(C(=O)C2[C@@H](c3ccccc3)[C@@H]2c2ccccc2)cc1)c1ccc(Br)cc1. The van der Waals surface area contributed by atoms with Crippen LogP contribution in [0.1, 0.15) is 62.2 Å². The summed E-state index contributed by atoms with van der Waals surface area (Å²) in [6, 6.07) is 35.1. The van der Waals surface area contributed by atoms with Gasteiger partial charge in [0.25, 0.3) is 0 Å². The molecular weight excluding hydrogens is 514 g/mol. The van der Waals surface area contributed by atoms with E-state index in [0.717, 1.165) is 10.0 Å². The second-order valence-corrected chi connectivity index (χ2v) is 10.1. The van der Waals surface area contributed by atoms with Gasteiger partial charge in [-0.05, 0) is 42.3 Å². The van der Waals surface area contributed by atoms with Crippen molar-refractivity contribution >= 4 is 27.7 Å². The normalized spacial score (nSPS) is 19.3. The Morgan fingerprint density at radius 1 is 0.778 bits per heavy atom. The van der Waals surface area contributed by atoms with Gasteiger partial charge >= 0.3 is 5.97 Å². The Labute approximate surface area is 219 Å². The molecule has 2 N–H and O–H groups in total. The summed E-state index contributed by atoms with van der Waals surface area (Å²) in [4.78, 5) is 31.5. The van der Waals surface area contributed by atoms with Gasteiger partial charge < -0.3 is 0 Å². The lowest BCUT2D eigenvalue weighted by molar-refractivity contribution is -0.898. The number of benzene rings is 4. The highest BCUT2D eigenvalue weighted by Gasteiger charge is 2.55. The quantitative estimate of drug-likeness (QED) is 0.164. The van der Waals surface area contributed by atoms with Gasteiger partial charge in [-0.3, -0.25) is 4.79 Å². The predicted molar refractivity (Wildman–Crippen MR) is 143 cm³/mol. The van der Waals surface area contributed by atoms with Crippen LogP contribution in [0.4, 0.5) is 0 Å². The van der Waals surface area contributed by atoms with Crippen molar-refractivity contribution < 1.29 is 19.9 Å². The summed E-state index contributed by atoms with van der Waals surface area (Å²) >= 11 is 3.43. The third kappa shape index (κ3) is 5.18. The molecule has 0 spiro atoms. The van der Waals surface area contributed by atoms with Crippen molar-refractivity contribution in [1.29, 1.82) is 0 Å². The maximum atomic E-state index is 13.5. The summed E-state index contributed by atoms with van der Waals surface area (Å²) in [5, 5.41) is 0. The minimum absolute atomic E-state index is 0.0393. The number of quaternary nitrogens is 1. The molecule has 0 aliphatic heterocycles. The molecule has 179 valence electrons. The van der Waals surface area contributed by atoms with Gasteiger partial charge in [0.2, 0.25) is 0 Å². The van der Waals surface area contributed by atoms with Gasteiger partial charge in [0.05, 0.1) is 4.79 Å². The van der Waals surface area contributed by atoms with Crippen molar-refractivity contribution in [3.05, 3.63) is 141 Å². The Kier molecular flexibility index (Phi) is 7.12. The Hall–Kier alpha value is -3.54. The number of halogens is 1. The third-order valence-corrected chi connectivity index (χ3v) is 7.40. The molecule has 0 unspecified atom stereocenters. The second-order valence-electron chi connectivity index (χ2n) is 9.22. The lowest BCUT2D eigenvalue weighted by Crippen LogP contribution is -2.84. The topological polar surface area (TPSA) is 62.8 Å². The molecule has 4 aromatic carbocycles. The van der Waals surface area contributed by atoms with Crippen molar-refractivity contribution in [1.82, 2.24) is 0 Å². The Balaban J connectivity index is 1.26. The highest BCUT2D eigenvalue weighted by atomic mass is 79.9. The second kappa shape index (κ2) is 10.6. The summed E-state index contributed by atoms with van der Waals surface area (Å²) < 4.78 is 1.00. The van der Waals surface area contributed by atoms with Crippen LogP contribution in [0.25, 0.3) is 0 Å². The van der Waals surface area contributed by atoms with Crippen molar-refractivity contribution in [3.63, 3.8) is 0 Å². The van der Waals surface area contributed by atoms with Gasteiger partial charge in [0.15, 0.2) is 11.8 Å². The van der Waals surface area contributed by atoms with Gasteiger partial charge in [-0.1, -0.05) is 111 Å². The fourth-order valence-corrected chi connectivity index (χ4v) is 5.12. The number of carbonyl (C=O) groups is 2. The molecule has 5 heteroatoms. The first-order valence-electron chi connectivity index (χ1n) is 12.1. The van der Waals surface area contributed by atoms with E-state index >= 15 is 0 Å². The largest absolute Gasteiger partial charge is 0.669 e. The van der Waals surface area contributed by atoms with Crippen molar-refractivity contribution in [3.8, 4) is 0 Å². The van der Waals surface area contributed by atoms with Gasteiger partial charge in [0, 0.05) is 33.4 Å². The van der Waals surface area contributed by atoms with Crippen LogP contribution in [0.3, 0.4) is 0 Å². The summed E-state index contributed by atoms with van der Waals surface area (Å²) in [7, 11) is 0. The van der Waals surface area contributed by atoms with E-state index in [2.05, 4.69) is 40.2 Å². The predicted octanol–water partition coefficient (Wildman–Crippen LogP) is 6.23. The Bertz CT molecular complexity index is 1290. The summed E-state index contributed by atoms with van der Waals surface area (Å²) in [6.07, 6.45) is 0. The summed E-state index contributed by atoms with van der Waals surface area (Å²) in [6.45, 7) is 1.97. The molecule has 0 bridgehead atoms. The molecule has 1 saturated carbocycles. The lowest BCUT2D eigenvalue weighted by Gasteiger charge is -2.04. The lowest BCUT2D eigenvalue weighted by atomic mass is 10.0.